The van der Waals surface area contributed by atoms with Gasteiger partial charge in [-0.1, -0.05) is 135 Å². The largest absolute Gasteiger partial charge is 0.457 e. The fraction of sp³-hybridized carbons (Fsp3) is 0.723. The Morgan fingerprint density at radius 2 is 1.25 bits per heavy atom. The Kier molecular flexibility index (Phi) is 26.1. The van der Waals surface area contributed by atoms with E-state index in [4.69, 9.17) is 14.2 Å². The average Bonchev–Trinajstić information content (AvgIpc) is 3.24. The molecule has 0 bridgehead atoms. The minimum Gasteiger partial charge on any atom is -0.457 e. The summed E-state index contributed by atoms with van der Waals surface area (Å²) in [6.07, 6.45) is 13.6. The number of rotatable bonds is 33. The number of amides is 1. The molecule has 0 aliphatic carbocycles. The Bertz CT molecular complexity index is 1420. The van der Waals surface area contributed by atoms with Crippen LogP contribution in [0.2, 0.25) is 0 Å². The standard InChI is InChI=1S/C47H75F2NO10/c1-2-3-4-5-6-7-8-9-10-14-17-20-23-40(52)43(54)39(33-58-47-46(57)45(56)44(55)41(32-51)60-47)50-42(53)24-21-18-15-12-11-13-16-19-22-34-25-27-35(28-26-34)59-36-29-30-37(48)38(49)31-36/h25-31,39-41,43-47,51-52,54-57H,2-24,32-33H2,1H3,(H,50,53)/t39-,40+,41?,43-,44-,45?,46-,47-/m0/s1. The first-order valence-corrected chi connectivity index (χ1v) is 22.8. The van der Waals surface area contributed by atoms with Crippen molar-refractivity contribution < 1.29 is 58.4 Å². The predicted octanol–water partition coefficient (Wildman–Crippen LogP) is 7.92. The van der Waals surface area contributed by atoms with Gasteiger partial charge in [0.05, 0.1) is 25.4 Å². The monoisotopic (exact) mass is 852 g/mol. The van der Waals surface area contributed by atoms with Gasteiger partial charge in [0, 0.05) is 12.5 Å². The molecule has 11 nitrogen and oxygen atoms in total. The van der Waals surface area contributed by atoms with Gasteiger partial charge in [0.2, 0.25) is 5.91 Å². The Labute approximate surface area is 356 Å². The Morgan fingerprint density at radius 3 is 1.83 bits per heavy atom. The number of aliphatic hydroxyl groups excluding tert-OH is 6. The van der Waals surface area contributed by atoms with Gasteiger partial charge in [-0.25, -0.2) is 8.78 Å². The van der Waals surface area contributed by atoms with Crippen LogP contribution in [0.4, 0.5) is 8.78 Å². The fourth-order valence-electron chi connectivity index (χ4n) is 7.62. The number of carbonyl (C=O) groups is 1. The fourth-order valence-corrected chi connectivity index (χ4v) is 7.62. The number of aryl methyl sites for hydroxylation is 1. The van der Waals surface area contributed by atoms with Crippen LogP contribution in [0.15, 0.2) is 42.5 Å². The van der Waals surface area contributed by atoms with Gasteiger partial charge in [-0.2, -0.15) is 0 Å². The third kappa shape index (κ3) is 20.0. The van der Waals surface area contributed by atoms with E-state index in [0.29, 0.717) is 18.6 Å². The molecule has 3 rings (SSSR count). The van der Waals surface area contributed by atoms with Crippen LogP contribution in [0, 0.1) is 11.6 Å². The molecule has 7 N–H and O–H groups in total. The molecule has 0 spiro atoms. The third-order valence-electron chi connectivity index (χ3n) is 11.5. The first kappa shape index (κ1) is 51.6. The van der Waals surface area contributed by atoms with Crippen LogP contribution in [-0.4, -0.2) is 98.7 Å². The average molecular weight is 852 g/mol. The minimum absolute atomic E-state index is 0.225. The van der Waals surface area contributed by atoms with Gasteiger partial charge < -0.3 is 50.2 Å². The number of carbonyl (C=O) groups excluding carboxylic acids is 1. The van der Waals surface area contributed by atoms with Crippen molar-refractivity contribution in [3.63, 3.8) is 0 Å². The molecule has 60 heavy (non-hydrogen) atoms. The van der Waals surface area contributed by atoms with E-state index in [9.17, 15) is 44.2 Å². The number of hydrogen-bond acceptors (Lipinski definition) is 10. The molecule has 13 heteroatoms. The summed E-state index contributed by atoms with van der Waals surface area (Å²) < 4.78 is 43.3. The van der Waals surface area contributed by atoms with Gasteiger partial charge in [0.1, 0.15) is 42.0 Å². The first-order chi connectivity index (χ1) is 29.0. The van der Waals surface area contributed by atoms with Gasteiger partial charge in [-0.15, -0.1) is 0 Å². The zero-order chi connectivity index (χ0) is 43.5. The molecule has 1 fully saturated rings. The molecule has 8 atom stereocenters. The molecule has 1 heterocycles. The van der Waals surface area contributed by atoms with Crippen LogP contribution in [0.25, 0.3) is 0 Å². The third-order valence-corrected chi connectivity index (χ3v) is 11.5. The van der Waals surface area contributed by atoms with E-state index in [1.165, 1.54) is 63.0 Å². The highest BCUT2D eigenvalue weighted by Gasteiger charge is 2.44. The molecule has 2 aromatic carbocycles. The summed E-state index contributed by atoms with van der Waals surface area (Å²) in [6, 6.07) is 10.0. The van der Waals surface area contributed by atoms with Crippen LogP contribution in [0.3, 0.4) is 0 Å². The van der Waals surface area contributed by atoms with Gasteiger partial charge in [0.15, 0.2) is 17.9 Å². The highest BCUT2D eigenvalue weighted by molar-refractivity contribution is 5.76. The van der Waals surface area contributed by atoms with Gasteiger partial charge in [0.25, 0.3) is 0 Å². The predicted molar refractivity (Wildman–Crippen MR) is 227 cm³/mol. The topological polar surface area (TPSA) is 178 Å². The number of benzene rings is 2. The molecule has 2 aromatic rings. The summed E-state index contributed by atoms with van der Waals surface area (Å²) >= 11 is 0. The zero-order valence-electron chi connectivity index (χ0n) is 35.9. The molecule has 342 valence electrons. The molecule has 0 saturated carbocycles. The summed E-state index contributed by atoms with van der Waals surface area (Å²) in [7, 11) is 0. The molecule has 0 aromatic heterocycles. The molecule has 2 unspecified atom stereocenters. The maximum absolute atomic E-state index is 13.4. The number of halogens is 2. The molecule has 1 aliphatic rings. The van der Waals surface area contributed by atoms with Crippen LogP contribution >= 0.6 is 0 Å². The molecule has 1 saturated heterocycles. The lowest BCUT2D eigenvalue weighted by Crippen LogP contribution is -2.60. The number of ether oxygens (including phenoxy) is 3. The second-order valence-corrected chi connectivity index (χ2v) is 16.6. The van der Waals surface area contributed by atoms with Crippen LogP contribution in [-0.2, 0) is 20.7 Å². The maximum Gasteiger partial charge on any atom is 0.220 e. The van der Waals surface area contributed by atoms with E-state index < -0.39 is 67.2 Å². The van der Waals surface area contributed by atoms with Gasteiger partial charge in [-0.3, -0.25) is 4.79 Å². The van der Waals surface area contributed by atoms with Crippen molar-refractivity contribution in [2.45, 2.75) is 204 Å². The Hall–Kier alpha value is -2.75. The van der Waals surface area contributed by atoms with Gasteiger partial charge in [-0.05, 0) is 55.5 Å². The number of nitrogens with one attached hydrogen (secondary N) is 1. The first-order valence-electron chi connectivity index (χ1n) is 22.8. The molecule has 1 aliphatic heterocycles. The molecular formula is C47H75F2NO10. The van der Waals surface area contributed by atoms with Crippen LogP contribution in [0.1, 0.15) is 154 Å². The van der Waals surface area contributed by atoms with Crippen molar-refractivity contribution in [3.05, 3.63) is 59.7 Å². The van der Waals surface area contributed by atoms with E-state index in [1.54, 1.807) is 0 Å². The molecular weight excluding hydrogens is 777 g/mol. The maximum atomic E-state index is 13.4. The highest BCUT2D eigenvalue weighted by atomic mass is 19.2. The highest BCUT2D eigenvalue weighted by Crippen LogP contribution is 2.25. The lowest BCUT2D eigenvalue weighted by Gasteiger charge is -2.40. The number of unbranched alkanes of at least 4 members (excludes halogenated alkanes) is 18. The second-order valence-electron chi connectivity index (χ2n) is 16.6. The summed E-state index contributed by atoms with van der Waals surface area (Å²) in [4.78, 5) is 13.0. The quantitative estimate of drug-likeness (QED) is 0.0349. The van der Waals surface area contributed by atoms with E-state index >= 15 is 0 Å². The van der Waals surface area contributed by atoms with Gasteiger partial charge >= 0.3 is 0 Å². The Morgan fingerprint density at radius 1 is 0.700 bits per heavy atom. The summed E-state index contributed by atoms with van der Waals surface area (Å²) in [5.41, 5.74) is 1.18. The summed E-state index contributed by atoms with van der Waals surface area (Å²) in [6.45, 7) is 1.26. The van der Waals surface area contributed by atoms with Crippen LogP contribution in [0.5, 0.6) is 11.5 Å². The van der Waals surface area contributed by atoms with Crippen molar-refractivity contribution in [1.29, 1.82) is 0 Å². The second kappa shape index (κ2) is 30.3. The lowest BCUT2D eigenvalue weighted by molar-refractivity contribution is -0.303. The normalized spacial score (nSPS) is 20.8. The van der Waals surface area contributed by atoms with E-state index in [1.807, 2.05) is 24.3 Å². The minimum atomic E-state index is -1.63. The van der Waals surface area contributed by atoms with Crippen molar-refractivity contribution in [2.24, 2.45) is 0 Å². The number of hydrogen-bond donors (Lipinski definition) is 7. The van der Waals surface area contributed by atoms with Crippen molar-refractivity contribution >= 4 is 5.91 Å². The van der Waals surface area contributed by atoms with E-state index in [-0.39, 0.29) is 24.7 Å². The van der Waals surface area contributed by atoms with Crippen LogP contribution < -0.4 is 10.1 Å². The zero-order valence-corrected chi connectivity index (χ0v) is 35.9. The summed E-state index contributed by atoms with van der Waals surface area (Å²) in [5, 5.41) is 65.2. The number of aliphatic hydroxyl groups is 6. The van der Waals surface area contributed by atoms with E-state index in [2.05, 4.69) is 12.2 Å². The van der Waals surface area contributed by atoms with E-state index in [0.717, 1.165) is 89.2 Å². The molecule has 1 amide bonds. The smallest absolute Gasteiger partial charge is 0.220 e. The Balaban J connectivity index is 1.32. The van der Waals surface area contributed by atoms with Crippen molar-refractivity contribution in [1.82, 2.24) is 5.32 Å². The van der Waals surface area contributed by atoms with Crippen molar-refractivity contribution in [3.8, 4) is 11.5 Å². The SMILES string of the molecule is CCCCCCCCCCCCCC[C@@H](O)[C@@H](O)[C@H](CO[C@H]1OC(CO)[C@H](O)C(O)[C@@H]1O)NC(=O)CCCCCCCCCCc1ccc(Oc2ccc(F)c(F)c2)cc1. The lowest BCUT2D eigenvalue weighted by atomic mass is 9.98. The van der Waals surface area contributed by atoms with Crippen molar-refractivity contribution in [2.75, 3.05) is 13.2 Å². The summed E-state index contributed by atoms with van der Waals surface area (Å²) in [5.74, 6) is -1.38. The molecule has 0 radical (unpaired) electrons.